The third-order valence-corrected chi connectivity index (χ3v) is 1.38. The first kappa shape index (κ1) is 22.4. The molecular formula is C9H6KNaO6. The molecule has 0 heterocycles. The molecule has 0 atom stereocenters. The van der Waals surface area contributed by atoms with Crippen LogP contribution in [-0.4, -0.2) is 23.5 Å². The molecule has 0 aromatic heterocycles. The molecule has 0 spiro atoms. The Bertz CT molecular complexity index is 349. The first-order valence-corrected chi connectivity index (χ1v) is 3.63. The molecule has 0 radical (unpaired) electrons. The summed E-state index contributed by atoms with van der Waals surface area (Å²) in [6, 6.07) is 5.31. The van der Waals surface area contributed by atoms with Crippen LogP contribution in [0.4, 0.5) is 0 Å². The van der Waals surface area contributed by atoms with Gasteiger partial charge in [0.25, 0.3) is 0 Å². The summed E-state index contributed by atoms with van der Waals surface area (Å²) in [5.74, 6) is -2.75. The Morgan fingerprint density at radius 2 is 1.53 bits per heavy atom. The summed E-state index contributed by atoms with van der Waals surface area (Å²) in [6.45, 7) is -0.500. The molecule has 1 aromatic rings. The fourth-order valence-electron chi connectivity index (χ4n) is 0.848. The van der Waals surface area contributed by atoms with Crippen LogP contribution in [0.3, 0.4) is 0 Å². The zero-order chi connectivity index (χ0) is 11.8. The van der Waals surface area contributed by atoms with Gasteiger partial charge in [0, 0.05) is 12.0 Å². The first-order valence-electron chi connectivity index (χ1n) is 3.63. The summed E-state index contributed by atoms with van der Waals surface area (Å²) < 4.78 is 0. The van der Waals surface area contributed by atoms with Gasteiger partial charge in [0.2, 0.25) is 0 Å². The normalized spacial score (nSPS) is 7.29. The van der Waals surface area contributed by atoms with Crippen LogP contribution in [-0.2, 0) is 4.79 Å². The van der Waals surface area contributed by atoms with Crippen LogP contribution in [0.5, 0.6) is 0 Å². The van der Waals surface area contributed by atoms with E-state index in [9.17, 15) is 14.7 Å². The van der Waals surface area contributed by atoms with Crippen molar-refractivity contribution < 1.29 is 111 Å². The summed E-state index contributed by atoms with van der Waals surface area (Å²) >= 11 is 0. The van der Waals surface area contributed by atoms with Gasteiger partial charge in [0.1, 0.15) is 0 Å². The monoisotopic (exact) mass is 272 g/mol. The second kappa shape index (κ2) is 12.7. The Labute approximate surface area is 162 Å². The minimum Gasteiger partial charge on any atom is -0.554 e. The molecule has 0 aliphatic carbocycles. The molecule has 6 nitrogen and oxygen atoms in total. The van der Waals surface area contributed by atoms with Crippen LogP contribution < -0.4 is 91.2 Å². The van der Waals surface area contributed by atoms with Gasteiger partial charge in [-0.3, -0.25) is 0 Å². The molecule has 0 aliphatic heterocycles. The summed E-state index contributed by atoms with van der Waals surface area (Å²) in [5, 5.41) is 27.1. The Balaban J connectivity index is -0.000000356. The number of carbonyl (C=O) groups is 3. The fourth-order valence-corrected chi connectivity index (χ4v) is 0.848. The molecule has 0 amide bonds. The Kier molecular flexibility index (Phi) is 16.8. The van der Waals surface area contributed by atoms with Gasteiger partial charge in [0.15, 0.2) is 0 Å². The maximum absolute atomic E-state index is 10.4. The number of aromatic carboxylic acids is 2. The SMILES string of the molecule is O=C([O-])c1ccccc1C(=O)O.O=C[O-].[K+].[Na+]. The van der Waals surface area contributed by atoms with Crippen molar-refractivity contribution in [3.63, 3.8) is 0 Å². The van der Waals surface area contributed by atoms with Crippen LogP contribution in [0.1, 0.15) is 20.7 Å². The molecule has 17 heavy (non-hydrogen) atoms. The molecule has 1 aromatic carbocycles. The number of carbonyl (C=O) groups excluding carboxylic acids is 2. The standard InChI is InChI=1S/C8H6O4.CH2O2.K.Na/c9-7(10)5-3-1-2-4-6(5)8(11)12;2-1-3;;/h1-4H,(H,9,10)(H,11,12);1H,(H,2,3);;/q;;2*+1/p-2. The maximum Gasteiger partial charge on any atom is 1.00 e. The van der Waals surface area contributed by atoms with Gasteiger partial charge >= 0.3 is 86.9 Å². The minimum atomic E-state index is -1.48. The molecule has 1 N–H and O–H groups in total. The van der Waals surface area contributed by atoms with Gasteiger partial charge in [-0.05, 0) is 6.07 Å². The molecule has 80 valence electrons. The second-order valence-corrected chi connectivity index (χ2v) is 2.23. The van der Waals surface area contributed by atoms with E-state index in [1.54, 1.807) is 0 Å². The van der Waals surface area contributed by atoms with E-state index in [1.165, 1.54) is 24.3 Å². The molecule has 0 unspecified atom stereocenters. The van der Waals surface area contributed by atoms with Gasteiger partial charge in [-0.25, -0.2) is 4.79 Å². The van der Waals surface area contributed by atoms with Crippen molar-refractivity contribution in [2.24, 2.45) is 0 Å². The Hall–Kier alpha value is 0.266. The van der Waals surface area contributed by atoms with Gasteiger partial charge < -0.3 is 24.9 Å². The average molecular weight is 272 g/mol. The topological polar surface area (TPSA) is 118 Å². The Morgan fingerprint density at radius 1 is 1.18 bits per heavy atom. The van der Waals surface area contributed by atoms with E-state index in [1.807, 2.05) is 0 Å². The summed E-state index contributed by atoms with van der Waals surface area (Å²) in [5.41, 5.74) is -0.553. The average Bonchev–Trinajstić information content (AvgIpc) is 2.19. The fraction of sp³-hybridized carbons (Fsp3) is 0. The van der Waals surface area contributed by atoms with Crippen LogP contribution in [0, 0.1) is 0 Å². The van der Waals surface area contributed by atoms with Gasteiger partial charge in [-0.2, -0.15) is 0 Å². The van der Waals surface area contributed by atoms with E-state index in [4.69, 9.17) is 15.0 Å². The molecule has 8 heteroatoms. The van der Waals surface area contributed by atoms with Crippen molar-refractivity contribution in [3.8, 4) is 0 Å². The number of hydrogen-bond donors (Lipinski definition) is 1. The molecule has 0 saturated carbocycles. The van der Waals surface area contributed by atoms with E-state index in [-0.39, 0.29) is 92.1 Å². The van der Waals surface area contributed by atoms with Gasteiger partial charge in [-0.1, -0.05) is 18.2 Å². The maximum atomic E-state index is 10.4. The number of benzene rings is 1. The van der Waals surface area contributed by atoms with E-state index < -0.39 is 18.4 Å². The molecule has 0 aliphatic rings. The third-order valence-electron chi connectivity index (χ3n) is 1.38. The molecule has 1 rings (SSSR count). The predicted octanol–water partition coefficient (Wildman–Crippen LogP) is -7.88. The quantitative estimate of drug-likeness (QED) is 0.422. The summed E-state index contributed by atoms with van der Waals surface area (Å²) in [4.78, 5) is 29.0. The van der Waals surface area contributed by atoms with Crippen molar-refractivity contribution in [2.45, 2.75) is 0 Å². The molecular weight excluding hydrogens is 266 g/mol. The molecule has 0 saturated heterocycles. The zero-order valence-electron chi connectivity index (χ0n) is 9.38. The molecule has 0 bridgehead atoms. The van der Waals surface area contributed by atoms with Crippen molar-refractivity contribution in [2.75, 3.05) is 0 Å². The number of carboxylic acid groups (broad SMARTS) is 3. The summed E-state index contributed by atoms with van der Waals surface area (Å²) in [6.07, 6.45) is 0. The Morgan fingerprint density at radius 3 is 1.76 bits per heavy atom. The van der Waals surface area contributed by atoms with E-state index >= 15 is 0 Å². The van der Waals surface area contributed by atoms with Crippen molar-refractivity contribution in [1.29, 1.82) is 0 Å². The second-order valence-electron chi connectivity index (χ2n) is 2.23. The minimum absolute atomic E-state index is 0. The van der Waals surface area contributed by atoms with Crippen LogP contribution in [0.2, 0.25) is 0 Å². The third kappa shape index (κ3) is 8.92. The van der Waals surface area contributed by atoms with E-state index in [0.29, 0.717) is 0 Å². The predicted molar refractivity (Wildman–Crippen MR) is 43.8 cm³/mol. The van der Waals surface area contributed by atoms with Crippen LogP contribution in [0.25, 0.3) is 0 Å². The van der Waals surface area contributed by atoms with Crippen molar-refractivity contribution >= 4 is 18.4 Å². The van der Waals surface area contributed by atoms with Crippen molar-refractivity contribution in [3.05, 3.63) is 35.4 Å². The van der Waals surface area contributed by atoms with E-state index in [2.05, 4.69) is 0 Å². The van der Waals surface area contributed by atoms with Gasteiger partial charge in [-0.15, -0.1) is 0 Å². The number of carboxylic acids is 2. The number of rotatable bonds is 2. The smallest absolute Gasteiger partial charge is 0.554 e. The zero-order valence-corrected chi connectivity index (χ0v) is 14.5. The molecule has 0 fully saturated rings. The van der Waals surface area contributed by atoms with Crippen molar-refractivity contribution in [1.82, 2.24) is 0 Å². The summed E-state index contributed by atoms with van der Waals surface area (Å²) in [7, 11) is 0. The largest absolute Gasteiger partial charge is 1.00 e. The van der Waals surface area contributed by atoms with Gasteiger partial charge in [0.05, 0.1) is 11.5 Å². The first-order chi connectivity index (χ1) is 7.04. The number of hydrogen-bond acceptors (Lipinski definition) is 5. The van der Waals surface area contributed by atoms with Crippen LogP contribution in [0.15, 0.2) is 24.3 Å². The van der Waals surface area contributed by atoms with E-state index in [0.717, 1.165) is 0 Å². The van der Waals surface area contributed by atoms with Crippen LogP contribution >= 0.6 is 0 Å².